The van der Waals surface area contributed by atoms with Crippen molar-refractivity contribution in [3.63, 3.8) is 0 Å². The molecule has 1 N–H and O–H groups in total. The molecule has 8 heteroatoms. The quantitative estimate of drug-likeness (QED) is 0.202. The molecule has 4 rings (SSSR count). The van der Waals surface area contributed by atoms with E-state index in [1.54, 1.807) is 12.1 Å². The van der Waals surface area contributed by atoms with Crippen LogP contribution in [0.4, 0.5) is 17.6 Å². The molecule has 0 heterocycles. The van der Waals surface area contributed by atoms with Crippen molar-refractivity contribution in [2.24, 2.45) is 5.41 Å². The predicted octanol–water partition coefficient (Wildman–Crippen LogP) is 9.57. The molecule has 0 radical (unpaired) electrons. The van der Waals surface area contributed by atoms with Gasteiger partial charge in [-0.3, -0.25) is 4.79 Å². The Hall–Kier alpha value is -3.55. The van der Waals surface area contributed by atoms with Crippen LogP contribution in [0.1, 0.15) is 76.0 Å². The smallest absolute Gasteiger partial charge is 0.422 e. The maximum absolute atomic E-state index is 15.0. The van der Waals surface area contributed by atoms with Crippen LogP contribution in [-0.2, 0) is 24.2 Å². The van der Waals surface area contributed by atoms with Gasteiger partial charge in [-0.2, -0.15) is 13.2 Å². The Morgan fingerprint density at radius 2 is 1.60 bits per heavy atom. The van der Waals surface area contributed by atoms with E-state index in [4.69, 9.17) is 14.6 Å². The van der Waals surface area contributed by atoms with E-state index in [9.17, 15) is 22.4 Å². The maximum Gasteiger partial charge on any atom is 0.422 e. The molecule has 0 aliphatic heterocycles. The molecule has 3 aromatic rings. The molecule has 0 spiro atoms. The Morgan fingerprint density at radius 1 is 0.881 bits per heavy atom. The Kier molecular flexibility index (Phi) is 11.8. The molecule has 1 saturated carbocycles. The lowest BCUT2D eigenvalue weighted by Gasteiger charge is -2.26. The van der Waals surface area contributed by atoms with Gasteiger partial charge in [0.2, 0.25) is 0 Å². The van der Waals surface area contributed by atoms with E-state index in [2.05, 4.69) is 20.8 Å². The lowest BCUT2D eigenvalue weighted by Crippen LogP contribution is -2.19. The summed E-state index contributed by atoms with van der Waals surface area (Å²) in [6.07, 6.45) is 2.96. The summed E-state index contributed by atoms with van der Waals surface area (Å²) in [6.45, 7) is 5.14. The summed E-state index contributed by atoms with van der Waals surface area (Å²) in [5, 5.41) is 8.93. The normalized spacial score (nSPS) is 12.7. The average Bonchev–Trinajstić information content (AvgIpc) is 3.80. The van der Waals surface area contributed by atoms with Crippen LogP contribution in [0.3, 0.4) is 0 Å². The van der Waals surface area contributed by atoms with E-state index in [0.29, 0.717) is 24.2 Å². The van der Waals surface area contributed by atoms with Crippen molar-refractivity contribution >= 4 is 5.97 Å². The minimum atomic E-state index is -4.50. The fourth-order valence-corrected chi connectivity index (χ4v) is 4.60. The van der Waals surface area contributed by atoms with Crippen LogP contribution < -0.4 is 9.47 Å². The fraction of sp³-hybridized carbons (Fsp3) is 0.441. The molecule has 1 fully saturated rings. The van der Waals surface area contributed by atoms with Crippen LogP contribution in [0, 0.1) is 11.2 Å². The van der Waals surface area contributed by atoms with E-state index < -0.39 is 24.6 Å². The van der Waals surface area contributed by atoms with Crippen LogP contribution in [-0.4, -0.2) is 23.9 Å². The first-order valence-corrected chi connectivity index (χ1v) is 14.4. The summed E-state index contributed by atoms with van der Waals surface area (Å²) in [6, 6.07) is 16.4. The summed E-state index contributed by atoms with van der Waals surface area (Å²) in [5.41, 5.74) is 3.24. The third kappa shape index (κ3) is 11.7. The standard InChI is InChI=1S/C31H34F4O4.C3H6/c1-4-14-30(2,3)18-23-15-22(19-38-24-7-5-6-21(16-24)9-13-29(36)37)8-11-26(23)27-17-25(10-12-28(27)32)39-20-31(33,34)35;1-2-3-1/h5-8,10-12,15-17H,4,9,13-14,18-20H2,1-3H3,(H,36,37);1-3H2. The van der Waals surface area contributed by atoms with Gasteiger partial charge in [-0.1, -0.05) is 76.8 Å². The van der Waals surface area contributed by atoms with Crippen LogP contribution in [0.15, 0.2) is 60.7 Å². The highest BCUT2D eigenvalue weighted by Crippen LogP contribution is 2.36. The Labute approximate surface area is 245 Å². The number of halogens is 4. The molecular weight excluding hydrogens is 548 g/mol. The first-order chi connectivity index (χ1) is 19.8. The first-order valence-electron chi connectivity index (χ1n) is 14.4. The molecule has 4 nitrogen and oxygen atoms in total. The second-order valence-corrected chi connectivity index (χ2v) is 11.5. The molecule has 228 valence electrons. The second-order valence-electron chi connectivity index (χ2n) is 11.5. The summed E-state index contributed by atoms with van der Waals surface area (Å²) < 4.78 is 63.8. The molecule has 0 amide bonds. The van der Waals surface area contributed by atoms with E-state index in [-0.39, 0.29) is 29.8 Å². The highest BCUT2D eigenvalue weighted by atomic mass is 19.4. The third-order valence-corrected chi connectivity index (χ3v) is 6.68. The van der Waals surface area contributed by atoms with Crippen LogP contribution in [0.2, 0.25) is 0 Å². The summed E-state index contributed by atoms with van der Waals surface area (Å²) in [7, 11) is 0. The van der Waals surface area contributed by atoms with Crippen molar-refractivity contribution in [3.05, 3.63) is 83.2 Å². The van der Waals surface area contributed by atoms with Gasteiger partial charge < -0.3 is 14.6 Å². The number of rotatable bonds is 13. The van der Waals surface area contributed by atoms with Crippen molar-refractivity contribution < 1.29 is 36.9 Å². The molecule has 0 saturated heterocycles. The van der Waals surface area contributed by atoms with E-state index in [1.165, 1.54) is 31.4 Å². The van der Waals surface area contributed by atoms with Gasteiger partial charge in [0.05, 0.1) is 0 Å². The number of benzene rings is 3. The Morgan fingerprint density at radius 3 is 2.24 bits per heavy atom. The largest absolute Gasteiger partial charge is 0.489 e. The summed E-state index contributed by atoms with van der Waals surface area (Å²) in [5.74, 6) is -0.868. The third-order valence-electron chi connectivity index (χ3n) is 6.68. The van der Waals surface area contributed by atoms with Gasteiger partial charge in [0, 0.05) is 12.0 Å². The van der Waals surface area contributed by atoms with Crippen molar-refractivity contribution in [3.8, 4) is 22.6 Å². The molecule has 0 bridgehead atoms. The molecular formula is C34H40F4O4. The van der Waals surface area contributed by atoms with Gasteiger partial charge in [0.1, 0.15) is 23.9 Å². The van der Waals surface area contributed by atoms with Crippen molar-refractivity contribution in [2.75, 3.05) is 6.61 Å². The van der Waals surface area contributed by atoms with E-state index >= 15 is 0 Å². The highest BCUT2D eigenvalue weighted by Gasteiger charge is 2.28. The van der Waals surface area contributed by atoms with Crippen molar-refractivity contribution in [1.82, 2.24) is 0 Å². The van der Waals surface area contributed by atoms with Gasteiger partial charge in [-0.05, 0) is 77.3 Å². The molecule has 0 atom stereocenters. The fourth-order valence-electron chi connectivity index (χ4n) is 4.60. The summed E-state index contributed by atoms with van der Waals surface area (Å²) >= 11 is 0. The van der Waals surface area contributed by atoms with E-state index in [1.807, 2.05) is 30.3 Å². The molecule has 1 aliphatic carbocycles. The van der Waals surface area contributed by atoms with E-state index in [0.717, 1.165) is 35.6 Å². The predicted molar refractivity (Wildman–Crippen MR) is 156 cm³/mol. The number of aryl methyl sites for hydroxylation is 1. The van der Waals surface area contributed by atoms with Crippen LogP contribution >= 0.6 is 0 Å². The average molecular weight is 589 g/mol. The lowest BCUT2D eigenvalue weighted by molar-refractivity contribution is -0.153. The SMILES string of the molecule is C1CC1.CCCC(C)(C)Cc1cc(COc2cccc(CCC(=O)O)c2)ccc1-c1cc(OCC(F)(F)F)ccc1F. The van der Waals surface area contributed by atoms with Crippen molar-refractivity contribution in [1.29, 1.82) is 0 Å². The second kappa shape index (κ2) is 15.1. The highest BCUT2D eigenvalue weighted by molar-refractivity contribution is 5.70. The first kappa shape index (κ1) is 33.0. The zero-order chi connectivity index (χ0) is 30.8. The molecule has 1 aliphatic rings. The number of carboxylic acids is 1. The molecule has 0 aromatic heterocycles. The minimum Gasteiger partial charge on any atom is -0.489 e. The van der Waals surface area contributed by atoms with Gasteiger partial charge in [0.25, 0.3) is 0 Å². The molecule has 42 heavy (non-hydrogen) atoms. The number of aliphatic carboxylic acids is 1. The van der Waals surface area contributed by atoms with Gasteiger partial charge in [0.15, 0.2) is 6.61 Å². The number of ether oxygens (including phenoxy) is 2. The lowest BCUT2D eigenvalue weighted by atomic mass is 9.79. The number of carboxylic acid groups (broad SMARTS) is 1. The molecule has 0 unspecified atom stereocenters. The Bertz CT molecular complexity index is 1310. The maximum atomic E-state index is 15.0. The van der Waals surface area contributed by atoms with Gasteiger partial charge in [-0.25, -0.2) is 4.39 Å². The topological polar surface area (TPSA) is 55.8 Å². The number of alkyl halides is 3. The summed E-state index contributed by atoms with van der Waals surface area (Å²) in [4.78, 5) is 10.9. The number of hydrogen-bond acceptors (Lipinski definition) is 3. The number of carbonyl (C=O) groups is 1. The zero-order valence-electron chi connectivity index (χ0n) is 24.5. The monoisotopic (exact) mass is 588 g/mol. The van der Waals surface area contributed by atoms with Gasteiger partial charge >= 0.3 is 12.1 Å². The zero-order valence-corrected chi connectivity index (χ0v) is 24.5. The Balaban J connectivity index is 0.00000151. The number of hydrogen-bond donors (Lipinski definition) is 1. The van der Waals surface area contributed by atoms with Gasteiger partial charge in [-0.15, -0.1) is 0 Å². The van der Waals surface area contributed by atoms with Crippen LogP contribution in [0.25, 0.3) is 11.1 Å². The van der Waals surface area contributed by atoms with Crippen LogP contribution in [0.5, 0.6) is 11.5 Å². The van der Waals surface area contributed by atoms with Crippen molar-refractivity contribution in [2.45, 2.75) is 84.9 Å². The minimum absolute atomic E-state index is 0.0286. The molecule has 3 aromatic carbocycles.